The maximum Gasteiger partial charge on any atom is 0.416 e. The Hall–Kier alpha value is -2.87. The summed E-state index contributed by atoms with van der Waals surface area (Å²) < 4.78 is 40.3. The number of alkyl halides is 3. The molecule has 0 unspecified atom stereocenters. The molecular weight excluding hydrogens is 373 g/mol. The van der Waals surface area contributed by atoms with Crippen LogP contribution in [0.25, 0.3) is 16.2 Å². The summed E-state index contributed by atoms with van der Waals surface area (Å²) in [7, 11) is 0. The van der Waals surface area contributed by atoms with Crippen LogP contribution in [0.5, 0.6) is 0 Å². The van der Waals surface area contributed by atoms with Gasteiger partial charge in [-0.15, -0.1) is 5.10 Å². The first kappa shape index (κ1) is 17.5. The van der Waals surface area contributed by atoms with E-state index >= 15 is 0 Å². The highest BCUT2D eigenvalue weighted by Crippen LogP contribution is 2.32. The lowest BCUT2D eigenvalue weighted by Crippen LogP contribution is -2.04. The molecule has 27 heavy (non-hydrogen) atoms. The van der Waals surface area contributed by atoms with Gasteiger partial charge in [-0.3, -0.25) is 0 Å². The van der Waals surface area contributed by atoms with Crippen molar-refractivity contribution in [1.29, 1.82) is 0 Å². The number of aryl methyl sites for hydroxylation is 1. The monoisotopic (exact) mass is 388 g/mol. The van der Waals surface area contributed by atoms with Crippen LogP contribution in [0.3, 0.4) is 0 Å². The third kappa shape index (κ3) is 3.66. The van der Waals surface area contributed by atoms with Gasteiger partial charge in [0.05, 0.1) is 17.5 Å². The summed E-state index contributed by atoms with van der Waals surface area (Å²) in [6.45, 7) is 2.69. The van der Waals surface area contributed by atoms with E-state index in [-0.39, 0.29) is 0 Å². The van der Waals surface area contributed by atoms with E-state index in [2.05, 4.69) is 15.4 Å². The molecule has 8 heteroatoms. The average molecular weight is 388 g/mol. The number of nitrogens with one attached hydrogen (secondary N) is 1. The van der Waals surface area contributed by atoms with Gasteiger partial charge >= 0.3 is 6.18 Å². The topological polar surface area (TPSA) is 42.2 Å². The highest BCUT2D eigenvalue weighted by molar-refractivity contribution is 7.20. The second kappa shape index (κ2) is 6.70. The Morgan fingerprint density at radius 3 is 2.67 bits per heavy atom. The summed E-state index contributed by atoms with van der Waals surface area (Å²) >= 11 is 1.36. The van der Waals surface area contributed by atoms with Gasteiger partial charge in [0.15, 0.2) is 0 Å². The molecule has 0 saturated carbocycles. The van der Waals surface area contributed by atoms with Gasteiger partial charge in [0.2, 0.25) is 10.1 Å². The summed E-state index contributed by atoms with van der Waals surface area (Å²) in [5.41, 5.74) is 2.56. The number of halogens is 3. The molecule has 0 saturated heterocycles. The van der Waals surface area contributed by atoms with Crippen molar-refractivity contribution in [2.45, 2.75) is 19.6 Å². The molecule has 4 rings (SSSR count). The van der Waals surface area contributed by atoms with Crippen LogP contribution in [0.4, 0.5) is 18.3 Å². The Kier molecular flexibility index (Phi) is 4.35. The zero-order chi connectivity index (χ0) is 19.0. The smallest absolute Gasteiger partial charge is 0.356 e. The molecule has 0 fully saturated rings. The summed E-state index contributed by atoms with van der Waals surface area (Å²) in [5, 5.41) is 8.38. The molecule has 0 atom stereocenters. The molecular formula is C19H15F3N4S. The predicted molar refractivity (Wildman–Crippen MR) is 99.8 cm³/mol. The number of nitrogens with zero attached hydrogens (tertiary/aromatic N) is 3. The lowest BCUT2D eigenvalue weighted by molar-refractivity contribution is -0.137. The van der Waals surface area contributed by atoms with E-state index in [0.717, 1.165) is 12.1 Å². The van der Waals surface area contributed by atoms with Crippen molar-refractivity contribution in [3.63, 3.8) is 0 Å². The SMILES string of the molecule is Cc1ccccc1CNc1nn2cc(-c3cccc(C(F)(F)F)c3)nc2s1. The largest absolute Gasteiger partial charge is 0.416 e. The molecule has 2 aromatic carbocycles. The molecule has 0 aliphatic heterocycles. The van der Waals surface area contributed by atoms with Gasteiger partial charge in [0.1, 0.15) is 0 Å². The molecule has 0 radical (unpaired) electrons. The second-order valence-corrected chi connectivity index (χ2v) is 7.08. The summed E-state index contributed by atoms with van der Waals surface area (Å²) in [6, 6.07) is 13.2. The van der Waals surface area contributed by atoms with Gasteiger partial charge in [-0.1, -0.05) is 47.7 Å². The highest BCUT2D eigenvalue weighted by Gasteiger charge is 2.30. The van der Waals surface area contributed by atoms with Crippen LogP contribution in [-0.2, 0) is 12.7 Å². The molecule has 1 N–H and O–H groups in total. The third-order valence-corrected chi connectivity index (χ3v) is 5.10. The van der Waals surface area contributed by atoms with Gasteiger partial charge in [-0.25, -0.2) is 9.50 Å². The van der Waals surface area contributed by atoms with Crippen LogP contribution < -0.4 is 5.32 Å². The molecule has 138 valence electrons. The first-order valence-electron chi connectivity index (χ1n) is 8.22. The van der Waals surface area contributed by atoms with Crippen molar-refractivity contribution < 1.29 is 13.2 Å². The summed E-state index contributed by atoms with van der Waals surface area (Å²) in [5.74, 6) is 0. The van der Waals surface area contributed by atoms with E-state index < -0.39 is 11.7 Å². The fourth-order valence-electron chi connectivity index (χ4n) is 2.74. The zero-order valence-electron chi connectivity index (χ0n) is 14.3. The standard InChI is InChI=1S/C19H15F3N4S/c1-12-5-2-3-6-14(12)10-23-17-25-26-11-16(24-18(26)27-17)13-7-4-8-15(9-13)19(20,21)22/h2-9,11H,10H2,1H3,(H,23,25). The Morgan fingerprint density at radius 2 is 1.93 bits per heavy atom. The second-order valence-electron chi connectivity index (χ2n) is 6.12. The van der Waals surface area contributed by atoms with Crippen molar-refractivity contribution >= 4 is 21.4 Å². The van der Waals surface area contributed by atoms with Crippen molar-refractivity contribution in [2.24, 2.45) is 0 Å². The first-order valence-corrected chi connectivity index (χ1v) is 9.04. The minimum Gasteiger partial charge on any atom is -0.356 e. The lowest BCUT2D eigenvalue weighted by atomic mass is 10.1. The van der Waals surface area contributed by atoms with Crippen LogP contribution >= 0.6 is 11.3 Å². The first-order chi connectivity index (χ1) is 12.9. The van der Waals surface area contributed by atoms with E-state index in [0.29, 0.717) is 27.9 Å². The van der Waals surface area contributed by atoms with Crippen molar-refractivity contribution in [3.05, 3.63) is 71.4 Å². The Bertz CT molecular complexity index is 1070. The molecule has 0 aliphatic carbocycles. The average Bonchev–Trinajstić information content (AvgIpc) is 3.19. The molecule has 4 nitrogen and oxygen atoms in total. The molecule has 0 spiro atoms. The molecule has 2 heterocycles. The van der Waals surface area contributed by atoms with Gasteiger partial charge < -0.3 is 5.32 Å². The van der Waals surface area contributed by atoms with Crippen molar-refractivity contribution in [1.82, 2.24) is 14.6 Å². The zero-order valence-corrected chi connectivity index (χ0v) is 15.1. The fraction of sp³-hybridized carbons (Fsp3) is 0.158. The quantitative estimate of drug-likeness (QED) is 0.509. The number of benzene rings is 2. The number of fused-ring (bicyclic) bond motifs is 1. The summed E-state index contributed by atoms with van der Waals surface area (Å²) in [4.78, 5) is 5.03. The summed E-state index contributed by atoms with van der Waals surface area (Å²) in [6.07, 6.45) is -2.74. The number of aromatic nitrogens is 3. The fourth-order valence-corrected chi connectivity index (χ4v) is 3.52. The molecule has 0 bridgehead atoms. The Labute approximate surface area is 157 Å². The third-order valence-electron chi connectivity index (χ3n) is 4.22. The predicted octanol–water partition coefficient (Wildman–Crippen LogP) is 5.40. The minimum atomic E-state index is -4.38. The van der Waals surface area contributed by atoms with Crippen LogP contribution in [0.2, 0.25) is 0 Å². The molecule has 0 aliphatic rings. The van der Waals surface area contributed by atoms with Crippen LogP contribution in [-0.4, -0.2) is 14.6 Å². The van der Waals surface area contributed by atoms with E-state index in [1.165, 1.54) is 28.5 Å². The maximum absolute atomic E-state index is 12.9. The normalized spacial score (nSPS) is 11.9. The van der Waals surface area contributed by atoms with Crippen LogP contribution in [0, 0.1) is 6.92 Å². The van der Waals surface area contributed by atoms with E-state index in [1.54, 1.807) is 16.8 Å². The van der Waals surface area contributed by atoms with E-state index in [1.807, 2.05) is 31.2 Å². The number of hydrogen-bond acceptors (Lipinski definition) is 4. The Morgan fingerprint density at radius 1 is 1.11 bits per heavy atom. The van der Waals surface area contributed by atoms with Gasteiger partial charge in [-0.2, -0.15) is 13.2 Å². The minimum absolute atomic E-state index is 0.414. The van der Waals surface area contributed by atoms with E-state index in [4.69, 9.17) is 0 Å². The molecule has 0 amide bonds. The van der Waals surface area contributed by atoms with Crippen LogP contribution in [0.1, 0.15) is 16.7 Å². The van der Waals surface area contributed by atoms with Crippen molar-refractivity contribution in [3.8, 4) is 11.3 Å². The number of anilines is 1. The number of hydrogen-bond donors (Lipinski definition) is 1. The van der Waals surface area contributed by atoms with E-state index in [9.17, 15) is 13.2 Å². The number of imidazole rings is 1. The number of rotatable bonds is 4. The maximum atomic E-state index is 12.9. The lowest BCUT2D eigenvalue weighted by Gasteiger charge is -2.07. The Balaban J connectivity index is 1.55. The van der Waals surface area contributed by atoms with Gasteiger partial charge in [-0.05, 0) is 30.2 Å². The molecule has 2 aromatic heterocycles. The highest BCUT2D eigenvalue weighted by atomic mass is 32.1. The van der Waals surface area contributed by atoms with Gasteiger partial charge in [0.25, 0.3) is 0 Å². The van der Waals surface area contributed by atoms with Crippen LogP contribution in [0.15, 0.2) is 54.7 Å². The van der Waals surface area contributed by atoms with Crippen molar-refractivity contribution in [2.75, 3.05) is 5.32 Å². The molecule has 4 aromatic rings. The van der Waals surface area contributed by atoms with Gasteiger partial charge in [0, 0.05) is 12.1 Å².